The Bertz CT molecular complexity index is 260. The summed E-state index contributed by atoms with van der Waals surface area (Å²) >= 11 is 0. The Morgan fingerprint density at radius 2 is 1.87 bits per heavy atom. The van der Waals surface area contributed by atoms with Gasteiger partial charge in [0.05, 0.1) is 0 Å². The summed E-state index contributed by atoms with van der Waals surface area (Å²) in [5.74, 6) is 0. The summed E-state index contributed by atoms with van der Waals surface area (Å²) in [5, 5.41) is 0. The predicted octanol–water partition coefficient (Wildman–Crippen LogP) is 0.121. The van der Waals surface area contributed by atoms with Gasteiger partial charge in [0.2, 0.25) is 0 Å². The van der Waals surface area contributed by atoms with Crippen LogP contribution in [0, 0.1) is 0 Å². The maximum Gasteiger partial charge on any atom is 0.181 e. The van der Waals surface area contributed by atoms with Gasteiger partial charge in [0.1, 0.15) is 6.54 Å². The van der Waals surface area contributed by atoms with Crippen molar-refractivity contribution in [2.75, 3.05) is 0 Å². The second-order valence-electron chi connectivity index (χ2n) is 3.79. The van der Waals surface area contributed by atoms with Gasteiger partial charge in [-0.2, -0.15) is 0 Å². The normalized spacial score (nSPS) is 9.73. The fourth-order valence-corrected chi connectivity index (χ4v) is 1.78. The van der Waals surface area contributed by atoms with E-state index in [1.54, 1.807) is 0 Å². The number of aryl methyl sites for hydroxylation is 2. The molecule has 0 amide bonds. The molecule has 2 heteroatoms. The molecule has 1 aromatic heterocycles. The molecular formula is C13H22ClN. The quantitative estimate of drug-likeness (QED) is 0.480. The van der Waals surface area contributed by atoms with Gasteiger partial charge in [-0.3, -0.25) is 0 Å². The SMILES string of the molecule is CCCCCCc1cccc[n+]1CC.[Cl-]. The van der Waals surface area contributed by atoms with Crippen molar-refractivity contribution in [2.45, 2.75) is 52.5 Å². The number of nitrogens with zero attached hydrogens (tertiary/aromatic N) is 1. The minimum Gasteiger partial charge on any atom is -1.00 e. The molecule has 1 heterocycles. The van der Waals surface area contributed by atoms with Crippen LogP contribution in [0.1, 0.15) is 45.2 Å². The second-order valence-corrected chi connectivity index (χ2v) is 3.79. The molecule has 0 atom stereocenters. The molecule has 0 fully saturated rings. The molecule has 0 radical (unpaired) electrons. The zero-order valence-corrected chi connectivity index (χ0v) is 10.6. The zero-order valence-electron chi connectivity index (χ0n) is 9.88. The number of unbranched alkanes of at least 4 members (excludes halogenated alkanes) is 3. The van der Waals surface area contributed by atoms with Crippen molar-refractivity contribution < 1.29 is 17.0 Å². The van der Waals surface area contributed by atoms with Crippen LogP contribution in [0.5, 0.6) is 0 Å². The summed E-state index contributed by atoms with van der Waals surface area (Å²) in [6, 6.07) is 6.50. The smallest absolute Gasteiger partial charge is 0.181 e. The fraction of sp³-hybridized carbons (Fsp3) is 0.615. The van der Waals surface area contributed by atoms with Crippen molar-refractivity contribution >= 4 is 0 Å². The Hall–Kier alpha value is -0.560. The number of pyridine rings is 1. The van der Waals surface area contributed by atoms with Crippen molar-refractivity contribution in [1.82, 2.24) is 0 Å². The molecule has 1 nitrogen and oxygen atoms in total. The lowest BCUT2D eigenvalue weighted by atomic mass is 10.1. The Balaban J connectivity index is 0.00000196. The summed E-state index contributed by atoms with van der Waals surface area (Å²) < 4.78 is 2.34. The maximum absolute atomic E-state index is 2.34. The van der Waals surface area contributed by atoms with E-state index in [-0.39, 0.29) is 12.4 Å². The van der Waals surface area contributed by atoms with E-state index in [2.05, 4.69) is 42.8 Å². The number of hydrogen-bond donors (Lipinski definition) is 0. The number of rotatable bonds is 6. The van der Waals surface area contributed by atoms with Crippen LogP contribution in [0.15, 0.2) is 24.4 Å². The molecular weight excluding hydrogens is 206 g/mol. The molecule has 0 N–H and O–H groups in total. The fourth-order valence-electron chi connectivity index (χ4n) is 1.78. The van der Waals surface area contributed by atoms with Crippen LogP contribution in [0.4, 0.5) is 0 Å². The molecule has 0 bridgehead atoms. The molecule has 1 aromatic rings. The lowest BCUT2D eigenvalue weighted by Crippen LogP contribution is -3.00. The highest BCUT2D eigenvalue weighted by Gasteiger charge is 2.05. The molecule has 0 spiro atoms. The number of halogens is 1. The third kappa shape index (κ3) is 5.17. The Labute approximate surface area is 99.9 Å². The molecule has 0 aliphatic heterocycles. The van der Waals surface area contributed by atoms with Crippen molar-refractivity contribution in [3.05, 3.63) is 30.1 Å². The average Bonchev–Trinajstić information content (AvgIpc) is 2.25. The van der Waals surface area contributed by atoms with E-state index in [4.69, 9.17) is 0 Å². The first-order chi connectivity index (χ1) is 6.88. The van der Waals surface area contributed by atoms with Gasteiger partial charge in [-0.25, -0.2) is 4.57 Å². The highest BCUT2D eigenvalue weighted by atomic mass is 35.5. The molecule has 0 unspecified atom stereocenters. The molecule has 0 aliphatic carbocycles. The minimum atomic E-state index is 0. The summed E-state index contributed by atoms with van der Waals surface area (Å²) in [6.07, 6.45) is 8.80. The second kappa shape index (κ2) is 8.72. The standard InChI is InChI=1S/C13H22N.ClH/c1-3-5-6-7-10-13-11-8-9-12-14(13)4-2;/h8-9,11-12H,3-7,10H2,1-2H3;1H/q+1;/p-1. The predicted molar refractivity (Wildman–Crippen MR) is 60.2 cm³/mol. The van der Waals surface area contributed by atoms with Gasteiger partial charge < -0.3 is 12.4 Å². The van der Waals surface area contributed by atoms with Crippen LogP contribution < -0.4 is 17.0 Å². The topological polar surface area (TPSA) is 3.88 Å². The molecule has 0 aromatic carbocycles. The van der Waals surface area contributed by atoms with Crippen molar-refractivity contribution in [3.63, 3.8) is 0 Å². The van der Waals surface area contributed by atoms with Gasteiger partial charge in [-0.1, -0.05) is 32.3 Å². The van der Waals surface area contributed by atoms with Crippen molar-refractivity contribution in [2.24, 2.45) is 0 Å². The number of hydrogen-bond acceptors (Lipinski definition) is 0. The van der Waals surface area contributed by atoms with E-state index < -0.39 is 0 Å². The van der Waals surface area contributed by atoms with Crippen LogP contribution in [0.2, 0.25) is 0 Å². The van der Waals surface area contributed by atoms with Gasteiger partial charge >= 0.3 is 0 Å². The van der Waals surface area contributed by atoms with E-state index >= 15 is 0 Å². The maximum atomic E-state index is 2.34. The highest BCUT2D eigenvalue weighted by Crippen LogP contribution is 2.04. The van der Waals surface area contributed by atoms with E-state index in [1.165, 1.54) is 37.8 Å². The first-order valence-corrected chi connectivity index (χ1v) is 5.85. The van der Waals surface area contributed by atoms with Crippen molar-refractivity contribution in [3.8, 4) is 0 Å². The van der Waals surface area contributed by atoms with Crippen molar-refractivity contribution in [1.29, 1.82) is 0 Å². The molecule has 0 saturated carbocycles. The molecule has 15 heavy (non-hydrogen) atoms. The third-order valence-electron chi connectivity index (χ3n) is 2.66. The first-order valence-electron chi connectivity index (χ1n) is 5.85. The molecule has 1 rings (SSSR count). The van der Waals surface area contributed by atoms with Gasteiger partial charge in [0.25, 0.3) is 0 Å². The number of aromatic nitrogens is 1. The molecule has 0 aliphatic rings. The third-order valence-corrected chi connectivity index (χ3v) is 2.66. The van der Waals surface area contributed by atoms with E-state index in [1.807, 2.05) is 0 Å². The highest BCUT2D eigenvalue weighted by molar-refractivity contribution is 4.97. The average molecular weight is 228 g/mol. The van der Waals surface area contributed by atoms with E-state index in [0.717, 1.165) is 6.54 Å². The summed E-state index contributed by atoms with van der Waals surface area (Å²) in [4.78, 5) is 0. The van der Waals surface area contributed by atoms with E-state index in [9.17, 15) is 0 Å². The van der Waals surface area contributed by atoms with Crippen LogP contribution in [-0.4, -0.2) is 0 Å². The monoisotopic (exact) mass is 227 g/mol. The lowest BCUT2D eigenvalue weighted by molar-refractivity contribution is -0.700. The van der Waals surface area contributed by atoms with Crippen LogP contribution in [0.3, 0.4) is 0 Å². The van der Waals surface area contributed by atoms with Crippen LogP contribution in [-0.2, 0) is 13.0 Å². The molecule has 86 valence electrons. The lowest BCUT2D eigenvalue weighted by Gasteiger charge is -2.01. The zero-order chi connectivity index (χ0) is 10.2. The molecule has 0 saturated heterocycles. The van der Waals surface area contributed by atoms with Gasteiger partial charge in [-0.15, -0.1) is 0 Å². The van der Waals surface area contributed by atoms with E-state index in [0.29, 0.717) is 0 Å². The minimum absolute atomic E-state index is 0. The summed E-state index contributed by atoms with van der Waals surface area (Å²) in [5.41, 5.74) is 1.48. The first kappa shape index (κ1) is 14.4. The largest absolute Gasteiger partial charge is 1.00 e. The summed E-state index contributed by atoms with van der Waals surface area (Å²) in [6.45, 7) is 5.55. The van der Waals surface area contributed by atoms with Gasteiger partial charge in [0, 0.05) is 18.6 Å². The Morgan fingerprint density at radius 3 is 2.53 bits per heavy atom. The summed E-state index contributed by atoms with van der Waals surface area (Å²) in [7, 11) is 0. The van der Waals surface area contributed by atoms with Crippen LogP contribution in [0.25, 0.3) is 0 Å². The van der Waals surface area contributed by atoms with Gasteiger partial charge in [-0.05, 0) is 13.3 Å². The van der Waals surface area contributed by atoms with Crippen LogP contribution >= 0.6 is 0 Å². The Morgan fingerprint density at radius 1 is 1.07 bits per heavy atom. The van der Waals surface area contributed by atoms with Gasteiger partial charge in [0.15, 0.2) is 11.9 Å². The Kier molecular flexibility index (Phi) is 8.40.